The summed E-state index contributed by atoms with van der Waals surface area (Å²) in [6.45, 7) is 6.40. The van der Waals surface area contributed by atoms with Gasteiger partial charge in [-0.15, -0.1) is 11.3 Å². The van der Waals surface area contributed by atoms with E-state index in [1.165, 1.54) is 17.8 Å². The molecule has 0 aromatic carbocycles. The third-order valence-corrected chi connectivity index (χ3v) is 5.55. The van der Waals surface area contributed by atoms with E-state index < -0.39 is 0 Å². The summed E-state index contributed by atoms with van der Waals surface area (Å²) in [6, 6.07) is 0.366. The molecule has 2 fully saturated rings. The lowest BCUT2D eigenvalue weighted by molar-refractivity contribution is -0.136. The Kier molecular flexibility index (Phi) is 5.27. The molecule has 2 aliphatic rings. The van der Waals surface area contributed by atoms with E-state index in [2.05, 4.69) is 16.8 Å². The number of likely N-dealkylation sites (tertiary alicyclic amines) is 1. The van der Waals surface area contributed by atoms with Gasteiger partial charge in [0.1, 0.15) is 4.88 Å². The quantitative estimate of drug-likeness (QED) is 0.835. The van der Waals surface area contributed by atoms with Crippen LogP contribution in [0.15, 0.2) is 11.7 Å². The van der Waals surface area contributed by atoms with Crippen LogP contribution < -0.4 is 0 Å². The molecule has 2 aliphatic heterocycles. The Labute approximate surface area is 141 Å². The van der Waals surface area contributed by atoms with E-state index in [0.29, 0.717) is 30.6 Å². The maximum atomic E-state index is 12.5. The fraction of sp³-hybridized carbons (Fsp3) is 0.688. The molecule has 0 aliphatic carbocycles. The van der Waals surface area contributed by atoms with Crippen LogP contribution in [-0.4, -0.2) is 76.8 Å². The minimum Gasteiger partial charge on any atom is -0.339 e. The molecule has 2 saturated heterocycles. The zero-order valence-electron chi connectivity index (χ0n) is 13.6. The van der Waals surface area contributed by atoms with Gasteiger partial charge in [-0.2, -0.15) is 0 Å². The van der Waals surface area contributed by atoms with Gasteiger partial charge in [-0.25, -0.2) is 0 Å². The second kappa shape index (κ2) is 7.40. The molecular weight excluding hydrogens is 312 g/mol. The zero-order valence-corrected chi connectivity index (χ0v) is 14.4. The lowest BCUT2D eigenvalue weighted by atomic mass is 10.0. The van der Waals surface area contributed by atoms with Gasteiger partial charge in [-0.05, 0) is 26.2 Å². The molecule has 0 spiro atoms. The molecule has 1 aromatic heterocycles. The van der Waals surface area contributed by atoms with E-state index >= 15 is 0 Å². The molecule has 3 heterocycles. The van der Waals surface area contributed by atoms with Gasteiger partial charge in [-0.1, -0.05) is 0 Å². The van der Waals surface area contributed by atoms with Crippen molar-refractivity contribution in [2.45, 2.75) is 32.2 Å². The highest BCUT2D eigenvalue weighted by atomic mass is 32.1. The van der Waals surface area contributed by atoms with Gasteiger partial charge in [0.25, 0.3) is 5.91 Å². The Morgan fingerprint density at radius 2 is 2.00 bits per heavy atom. The molecule has 2 amide bonds. The predicted molar refractivity (Wildman–Crippen MR) is 89.5 cm³/mol. The van der Waals surface area contributed by atoms with E-state index in [4.69, 9.17) is 0 Å². The summed E-state index contributed by atoms with van der Waals surface area (Å²) >= 11 is 1.38. The first-order valence-electron chi connectivity index (χ1n) is 8.35. The molecular formula is C16H24N4O2S. The number of hydrogen-bond donors (Lipinski definition) is 0. The standard InChI is InChI=1S/C16H24N4O2S/c1-13-4-2-3-5-20(13)15(21)11-18-6-8-19(9-7-18)16(22)14-10-17-12-23-14/h10,12-13H,2-9,11H2,1H3. The summed E-state index contributed by atoms with van der Waals surface area (Å²) in [4.78, 5) is 35.5. The molecule has 0 radical (unpaired) electrons. The number of amides is 2. The van der Waals surface area contributed by atoms with Crippen LogP contribution in [0.3, 0.4) is 0 Å². The van der Waals surface area contributed by atoms with Crippen LogP contribution >= 0.6 is 11.3 Å². The third kappa shape index (κ3) is 3.90. The van der Waals surface area contributed by atoms with Gasteiger partial charge in [-0.3, -0.25) is 19.5 Å². The second-order valence-corrected chi connectivity index (χ2v) is 7.25. The molecule has 7 heteroatoms. The van der Waals surface area contributed by atoms with Crippen molar-refractivity contribution in [3.8, 4) is 0 Å². The Morgan fingerprint density at radius 3 is 2.65 bits per heavy atom. The first kappa shape index (κ1) is 16.4. The highest BCUT2D eigenvalue weighted by Crippen LogP contribution is 2.17. The van der Waals surface area contributed by atoms with Crippen LogP contribution in [-0.2, 0) is 4.79 Å². The first-order valence-corrected chi connectivity index (χ1v) is 9.22. The Morgan fingerprint density at radius 1 is 1.22 bits per heavy atom. The van der Waals surface area contributed by atoms with E-state index in [9.17, 15) is 9.59 Å². The number of aromatic nitrogens is 1. The van der Waals surface area contributed by atoms with E-state index in [1.54, 1.807) is 11.7 Å². The van der Waals surface area contributed by atoms with Crippen LogP contribution in [0.4, 0.5) is 0 Å². The molecule has 6 nitrogen and oxygen atoms in total. The zero-order chi connectivity index (χ0) is 16.2. The average molecular weight is 336 g/mol. The first-order chi connectivity index (χ1) is 11.1. The molecule has 0 bridgehead atoms. The van der Waals surface area contributed by atoms with Crippen molar-refractivity contribution in [1.82, 2.24) is 19.7 Å². The number of carbonyl (C=O) groups excluding carboxylic acids is 2. The van der Waals surface area contributed by atoms with Gasteiger partial charge in [0, 0.05) is 38.8 Å². The lowest BCUT2D eigenvalue weighted by Crippen LogP contribution is -2.53. The van der Waals surface area contributed by atoms with Crippen LogP contribution in [0.5, 0.6) is 0 Å². The predicted octanol–water partition coefficient (Wildman–Crippen LogP) is 1.30. The van der Waals surface area contributed by atoms with Crippen LogP contribution in [0.25, 0.3) is 0 Å². The van der Waals surface area contributed by atoms with Crippen molar-refractivity contribution < 1.29 is 9.59 Å². The highest BCUT2D eigenvalue weighted by molar-refractivity contribution is 7.11. The number of nitrogens with zero attached hydrogens (tertiary/aromatic N) is 4. The third-order valence-electron chi connectivity index (χ3n) is 4.78. The normalized spacial score (nSPS) is 23.1. The van der Waals surface area contributed by atoms with Gasteiger partial charge in [0.2, 0.25) is 5.91 Å². The number of piperidine rings is 1. The Balaban J connectivity index is 1.47. The summed E-state index contributed by atoms with van der Waals surface area (Å²) in [5, 5.41) is 0. The number of rotatable bonds is 3. The van der Waals surface area contributed by atoms with Crippen molar-refractivity contribution in [2.24, 2.45) is 0 Å². The van der Waals surface area contributed by atoms with Gasteiger partial charge in [0.15, 0.2) is 0 Å². The van der Waals surface area contributed by atoms with Crippen molar-refractivity contribution in [3.63, 3.8) is 0 Å². The fourth-order valence-electron chi connectivity index (χ4n) is 3.34. The summed E-state index contributed by atoms with van der Waals surface area (Å²) in [5.41, 5.74) is 1.68. The summed E-state index contributed by atoms with van der Waals surface area (Å²) in [7, 11) is 0. The second-order valence-electron chi connectivity index (χ2n) is 6.37. The number of piperazine rings is 1. The number of hydrogen-bond acceptors (Lipinski definition) is 5. The Hall–Kier alpha value is -1.47. The van der Waals surface area contributed by atoms with Gasteiger partial charge < -0.3 is 9.80 Å². The Bertz CT molecular complexity index is 540. The van der Waals surface area contributed by atoms with Crippen LogP contribution in [0, 0.1) is 0 Å². The van der Waals surface area contributed by atoms with E-state index in [0.717, 1.165) is 32.5 Å². The molecule has 0 saturated carbocycles. The largest absolute Gasteiger partial charge is 0.339 e. The summed E-state index contributed by atoms with van der Waals surface area (Å²) in [5.74, 6) is 0.294. The average Bonchev–Trinajstić information content (AvgIpc) is 3.09. The van der Waals surface area contributed by atoms with Crippen molar-refractivity contribution in [1.29, 1.82) is 0 Å². The van der Waals surface area contributed by atoms with E-state index in [1.807, 2.05) is 9.80 Å². The molecule has 3 rings (SSSR count). The van der Waals surface area contributed by atoms with Crippen molar-refractivity contribution >= 4 is 23.2 Å². The van der Waals surface area contributed by atoms with Crippen molar-refractivity contribution in [2.75, 3.05) is 39.3 Å². The highest BCUT2D eigenvalue weighted by Gasteiger charge is 2.27. The monoisotopic (exact) mass is 336 g/mol. The van der Waals surface area contributed by atoms with E-state index in [-0.39, 0.29) is 11.8 Å². The smallest absolute Gasteiger partial charge is 0.265 e. The summed E-state index contributed by atoms with van der Waals surface area (Å²) in [6.07, 6.45) is 5.08. The maximum Gasteiger partial charge on any atom is 0.265 e. The molecule has 1 atom stereocenters. The molecule has 126 valence electrons. The molecule has 23 heavy (non-hydrogen) atoms. The fourth-order valence-corrected chi connectivity index (χ4v) is 3.92. The lowest BCUT2D eigenvalue weighted by Gasteiger charge is -2.38. The number of carbonyl (C=O) groups is 2. The SMILES string of the molecule is CC1CCCCN1C(=O)CN1CCN(C(=O)c2cncs2)CC1. The minimum atomic E-state index is 0.0585. The summed E-state index contributed by atoms with van der Waals surface area (Å²) < 4.78 is 0. The molecule has 0 N–H and O–H groups in total. The molecule has 1 aromatic rings. The van der Waals surface area contributed by atoms with Crippen molar-refractivity contribution in [3.05, 3.63) is 16.6 Å². The van der Waals surface area contributed by atoms with Crippen LogP contribution in [0.2, 0.25) is 0 Å². The minimum absolute atomic E-state index is 0.0585. The van der Waals surface area contributed by atoms with Gasteiger partial charge >= 0.3 is 0 Å². The van der Waals surface area contributed by atoms with Gasteiger partial charge in [0.05, 0.1) is 18.3 Å². The number of thiazole rings is 1. The van der Waals surface area contributed by atoms with Crippen LogP contribution in [0.1, 0.15) is 35.9 Å². The molecule has 1 unspecified atom stereocenters. The topological polar surface area (TPSA) is 56.8 Å². The maximum absolute atomic E-state index is 12.5.